The Bertz CT molecular complexity index is 1500. The van der Waals surface area contributed by atoms with Crippen molar-refractivity contribution < 1.29 is 24.2 Å². The van der Waals surface area contributed by atoms with E-state index in [4.69, 9.17) is 15.2 Å². The minimum absolute atomic E-state index is 0.162. The van der Waals surface area contributed by atoms with Crippen LogP contribution in [0.2, 0.25) is 0 Å². The molecule has 0 saturated carbocycles. The molecule has 4 aromatic carbocycles. The monoisotopic (exact) mass is 581 g/mol. The molecule has 0 aliphatic carbocycles. The lowest BCUT2D eigenvalue weighted by atomic mass is 9.94. The Morgan fingerprint density at radius 1 is 0.814 bits per heavy atom. The quantitative estimate of drug-likeness (QED) is 0.198. The van der Waals surface area contributed by atoms with Crippen molar-refractivity contribution in [3.8, 4) is 11.5 Å². The van der Waals surface area contributed by atoms with Crippen LogP contribution >= 0.6 is 0 Å². The second kappa shape index (κ2) is 15.0. The molecule has 0 aliphatic rings. The van der Waals surface area contributed by atoms with Crippen LogP contribution in [0.1, 0.15) is 50.4 Å². The molecule has 0 radical (unpaired) electrons. The zero-order valence-corrected chi connectivity index (χ0v) is 24.8. The molecule has 4 rings (SSSR count). The first-order chi connectivity index (χ1) is 20.8. The van der Waals surface area contributed by atoms with E-state index in [0.717, 1.165) is 22.4 Å². The van der Waals surface area contributed by atoms with Gasteiger partial charge in [-0.1, -0.05) is 72.8 Å². The molecule has 0 heterocycles. The number of nitrogens with one attached hydrogen (secondary N) is 1. The highest BCUT2D eigenvalue weighted by Crippen LogP contribution is 2.29. The fourth-order valence-corrected chi connectivity index (χ4v) is 5.20. The molecule has 4 aromatic rings. The number of aliphatic hydroxyl groups excluding tert-OH is 1. The summed E-state index contributed by atoms with van der Waals surface area (Å²) in [5.74, 6) is 0.0692. The van der Waals surface area contributed by atoms with Crippen LogP contribution in [0.15, 0.2) is 103 Å². The predicted molar refractivity (Wildman–Crippen MR) is 167 cm³/mol. The third kappa shape index (κ3) is 8.22. The van der Waals surface area contributed by atoms with Gasteiger partial charge in [0.15, 0.2) is 0 Å². The van der Waals surface area contributed by atoms with Crippen molar-refractivity contribution in [2.24, 2.45) is 5.73 Å². The number of carbonyl (C=O) groups excluding carboxylic acids is 2. The van der Waals surface area contributed by atoms with E-state index in [9.17, 15) is 14.7 Å². The SMILES string of the molecule is COc1cccc(CNC[C@@H](O)[C@H](Cc2ccccc2)N(C(=O)c2cc(OC)cc(C(N)=O)c2)[C@H](C)c2ccccc2)c1. The first kappa shape index (κ1) is 31.3. The third-order valence-electron chi connectivity index (χ3n) is 7.51. The van der Waals surface area contributed by atoms with Gasteiger partial charge in [0.05, 0.1) is 32.4 Å². The van der Waals surface area contributed by atoms with Gasteiger partial charge in [0.2, 0.25) is 5.91 Å². The maximum atomic E-state index is 14.5. The molecule has 224 valence electrons. The summed E-state index contributed by atoms with van der Waals surface area (Å²) < 4.78 is 10.7. The molecule has 3 atom stereocenters. The maximum Gasteiger partial charge on any atom is 0.254 e. The molecule has 0 saturated heterocycles. The predicted octanol–water partition coefficient (Wildman–Crippen LogP) is 4.77. The number of aliphatic hydroxyl groups is 1. The lowest BCUT2D eigenvalue weighted by Gasteiger charge is -2.40. The van der Waals surface area contributed by atoms with Crippen molar-refractivity contribution in [1.82, 2.24) is 10.2 Å². The second-order valence-corrected chi connectivity index (χ2v) is 10.4. The van der Waals surface area contributed by atoms with Crippen LogP contribution in [0.5, 0.6) is 11.5 Å². The molecule has 0 fully saturated rings. The molecule has 43 heavy (non-hydrogen) atoms. The zero-order valence-electron chi connectivity index (χ0n) is 24.8. The first-order valence-corrected chi connectivity index (χ1v) is 14.2. The van der Waals surface area contributed by atoms with Gasteiger partial charge in [0.25, 0.3) is 5.91 Å². The number of hydrogen-bond donors (Lipinski definition) is 3. The molecular weight excluding hydrogens is 542 g/mol. The van der Waals surface area contributed by atoms with Gasteiger partial charge in [-0.25, -0.2) is 0 Å². The van der Waals surface area contributed by atoms with E-state index in [1.165, 1.54) is 19.2 Å². The van der Waals surface area contributed by atoms with Gasteiger partial charge < -0.3 is 30.5 Å². The third-order valence-corrected chi connectivity index (χ3v) is 7.51. The van der Waals surface area contributed by atoms with E-state index in [0.29, 0.717) is 18.7 Å². The Balaban J connectivity index is 1.72. The summed E-state index contributed by atoms with van der Waals surface area (Å²) >= 11 is 0. The minimum atomic E-state index is -0.942. The number of hydrogen-bond acceptors (Lipinski definition) is 6. The summed E-state index contributed by atoms with van der Waals surface area (Å²) in [5, 5.41) is 15.1. The normalized spacial score (nSPS) is 13.0. The van der Waals surface area contributed by atoms with Gasteiger partial charge in [0.1, 0.15) is 11.5 Å². The van der Waals surface area contributed by atoms with Crippen molar-refractivity contribution in [3.63, 3.8) is 0 Å². The smallest absolute Gasteiger partial charge is 0.254 e. The lowest BCUT2D eigenvalue weighted by molar-refractivity contribution is 0.0221. The number of amides is 2. The van der Waals surface area contributed by atoms with Gasteiger partial charge in [-0.3, -0.25) is 9.59 Å². The lowest BCUT2D eigenvalue weighted by Crippen LogP contribution is -2.52. The molecule has 2 amide bonds. The van der Waals surface area contributed by atoms with Crippen molar-refractivity contribution in [1.29, 1.82) is 0 Å². The molecule has 0 unspecified atom stereocenters. The van der Waals surface area contributed by atoms with Crippen LogP contribution in [0.3, 0.4) is 0 Å². The van der Waals surface area contributed by atoms with Gasteiger partial charge >= 0.3 is 0 Å². The summed E-state index contributed by atoms with van der Waals surface area (Å²) in [6.07, 6.45) is -0.541. The average Bonchev–Trinajstić information content (AvgIpc) is 3.04. The number of ether oxygens (including phenoxy) is 2. The van der Waals surface area contributed by atoms with Crippen LogP contribution in [0, 0.1) is 0 Å². The van der Waals surface area contributed by atoms with E-state index in [-0.39, 0.29) is 23.6 Å². The Morgan fingerprint density at radius 2 is 1.44 bits per heavy atom. The Kier molecular flexibility index (Phi) is 10.9. The Labute approximate surface area is 253 Å². The minimum Gasteiger partial charge on any atom is -0.497 e. The van der Waals surface area contributed by atoms with Crippen LogP contribution in [0.25, 0.3) is 0 Å². The number of methoxy groups -OCH3 is 2. The van der Waals surface area contributed by atoms with Crippen molar-refractivity contribution in [2.45, 2.75) is 38.1 Å². The number of nitrogens with two attached hydrogens (primary N) is 1. The van der Waals surface area contributed by atoms with Crippen molar-refractivity contribution >= 4 is 11.8 Å². The van der Waals surface area contributed by atoms with Crippen molar-refractivity contribution in [2.75, 3.05) is 20.8 Å². The summed E-state index contributed by atoms with van der Waals surface area (Å²) in [5.41, 5.74) is 8.88. The van der Waals surface area contributed by atoms with E-state index >= 15 is 0 Å². The van der Waals surface area contributed by atoms with E-state index in [2.05, 4.69) is 5.32 Å². The first-order valence-electron chi connectivity index (χ1n) is 14.2. The fraction of sp³-hybridized carbons (Fsp3) is 0.257. The summed E-state index contributed by atoms with van der Waals surface area (Å²) in [6, 6.07) is 30.7. The maximum absolute atomic E-state index is 14.5. The molecular formula is C35H39N3O5. The topological polar surface area (TPSA) is 114 Å². The number of rotatable bonds is 14. The highest BCUT2D eigenvalue weighted by molar-refractivity contribution is 6.00. The standard InChI is InChI=1S/C35H39N3O5/c1-24(27-14-8-5-9-15-27)38(35(41)29-19-28(34(36)40)20-31(21-29)43-3)32(18-25-11-6-4-7-12-25)33(39)23-37-22-26-13-10-16-30(17-26)42-2/h4-17,19-21,24,32-33,37,39H,18,22-23H2,1-3H3,(H2,36,40)/t24-,32+,33-/m1/s1. The molecule has 8 heteroatoms. The fourth-order valence-electron chi connectivity index (χ4n) is 5.20. The molecule has 0 aromatic heterocycles. The number of nitrogens with zero attached hydrogens (tertiary/aromatic N) is 1. The van der Waals surface area contributed by atoms with Crippen LogP contribution in [0.4, 0.5) is 0 Å². The highest BCUT2D eigenvalue weighted by Gasteiger charge is 2.35. The number of benzene rings is 4. The number of primary amides is 1. The molecule has 0 spiro atoms. The van der Waals surface area contributed by atoms with E-state index in [1.807, 2.05) is 91.9 Å². The molecule has 4 N–H and O–H groups in total. The van der Waals surface area contributed by atoms with E-state index < -0.39 is 24.1 Å². The molecule has 0 bridgehead atoms. The van der Waals surface area contributed by atoms with Crippen molar-refractivity contribution in [3.05, 3.63) is 131 Å². The second-order valence-electron chi connectivity index (χ2n) is 10.4. The number of carbonyl (C=O) groups is 2. The Hall–Kier alpha value is -4.66. The molecule has 0 aliphatic heterocycles. The highest BCUT2D eigenvalue weighted by atomic mass is 16.5. The average molecular weight is 582 g/mol. The van der Waals surface area contributed by atoms with Gasteiger partial charge in [-0.2, -0.15) is 0 Å². The van der Waals surface area contributed by atoms with Crippen LogP contribution in [-0.4, -0.2) is 54.7 Å². The summed E-state index contributed by atoms with van der Waals surface area (Å²) in [4.78, 5) is 28.3. The van der Waals surface area contributed by atoms with Gasteiger partial charge in [-0.05, 0) is 60.4 Å². The summed E-state index contributed by atoms with van der Waals surface area (Å²) in [6.45, 7) is 2.67. The zero-order chi connectivity index (χ0) is 30.8. The summed E-state index contributed by atoms with van der Waals surface area (Å²) in [7, 11) is 3.09. The van der Waals surface area contributed by atoms with Crippen LogP contribution in [-0.2, 0) is 13.0 Å². The van der Waals surface area contributed by atoms with Gasteiger partial charge in [-0.15, -0.1) is 0 Å². The molecule has 8 nitrogen and oxygen atoms in total. The van der Waals surface area contributed by atoms with Crippen LogP contribution < -0.4 is 20.5 Å². The van der Waals surface area contributed by atoms with Gasteiger partial charge in [0, 0.05) is 24.2 Å². The Morgan fingerprint density at radius 3 is 2.09 bits per heavy atom. The van der Waals surface area contributed by atoms with E-state index in [1.54, 1.807) is 18.1 Å². The largest absolute Gasteiger partial charge is 0.497 e.